The SMILES string of the molecule is COc1ccc(-c2cccn3nc(Nc4ccc(C(=O)NC5CCN(C)CC5)cc4)nc23)cc1. The fourth-order valence-corrected chi connectivity index (χ4v) is 4.21. The number of fused-ring (bicyclic) bond motifs is 1. The number of nitrogens with zero attached hydrogens (tertiary/aromatic N) is 4. The van der Waals surface area contributed by atoms with Crippen molar-refractivity contribution in [1.29, 1.82) is 0 Å². The van der Waals surface area contributed by atoms with E-state index < -0.39 is 0 Å². The number of ether oxygens (including phenoxy) is 1. The number of amides is 1. The van der Waals surface area contributed by atoms with Crippen molar-refractivity contribution in [3.8, 4) is 16.9 Å². The van der Waals surface area contributed by atoms with Gasteiger partial charge in [0.05, 0.1) is 7.11 Å². The third kappa shape index (κ3) is 4.72. The number of hydrogen-bond acceptors (Lipinski definition) is 6. The van der Waals surface area contributed by atoms with E-state index in [4.69, 9.17) is 9.72 Å². The van der Waals surface area contributed by atoms with Crippen molar-refractivity contribution >= 4 is 23.2 Å². The molecule has 0 bridgehead atoms. The molecule has 8 nitrogen and oxygen atoms in total. The number of nitrogens with one attached hydrogen (secondary N) is 2. The van der Waals surface area contributed by atoms with Crippen molar-refractivity contribution in [3.05, 3.63) is 72.4 Å². The van der Waals surface area contributed by atoms with E-state index in [0.717, 1.165) is 54.1 Å². The molecule has 1 fully saturated rings. The number of anilines is 2. The summed E-state index contributed by atoms with van der Waals surface area (Å²) in [6, 6.07) is 19.5. The minimum Gasteiger partial charge on any atom is -0.497 e. The molecule has 174 valence electrons. The standard InChI is InChI=1S/C26H28N6O2/c1-31-16-13-21(14-17-31)27-25(33)19-5-9-20(10-6-19)28-26-29-24-23(4-3-15-32(24)30-26)18-7-11-22(34-2)12-8-18/h3-12,15,21H,13-14,16-17H2,1-2H3,(H,27,33)(H,28,30). The van der Waals surface area contributed by atoms with Gasteiger partial charge in [0.1, 0.15) is 5.75 Å². The molecule has 0 aliphatic carbocycles. The third-order valence-electron chi connectivity index (χ3n) is 6.22. The monoisotopic (exact) mass is 456 g/mol. The van der Waals surface area contributed by atoms with Gasteiger partial charge in [0.15, 0.2) is 5.65 Å². The number of aromatic nitrogens is 3. The van der Waals surface area contributed by atoms with Crippen molar-refractivity contribution in [3.63, 3.8) is 0 Å². The molecule has 1 aliphatic heterocycles. The molecule has 2 aromatic carbocycles. The number of carbonyl (C=O) groups is 1. The number of carbonyl (C=O) groups excluding carboxylic acids is 1. The second kappa shape index (κ2) is 9.52. The maximum atomic E-state index is 12.6. The molecule has 0 spiro atoms. The van der Waals surface area contributed by atoms with Gasteiger partial charge < -0.3 is 20.3 Å². The van der Waals surface area contributed by atoms with Crippen molar-refractivity contribution in [2.45, 2.75) is 18.9 Å². The lowest BCUT2D eigenvalue weighted by Gasteiger charge is -2.29. The van der Waals surface area contributed by atoms with Gasteiger partial charge in [-0.1, -0.05) is 12.1 Å². The molecular formula is C26H28N6O2. The zero-order chi connectivity index (χ0) is 23.5. The molecule has 3 heterocycles. The quantitative estimate of drug-likeness (QED) is 0.457. The summed E-state index contributed by atoms with van der Waals surface area (Å²) < 4.78 is 7.01. The Morgan fingerprint density at radius 2 is 1.76 bits per heavy atom. The van der Waals surface area contributed by atoms with Crippen LogP contribution in [0.1, 0.15) is 23.2 Å². The second-order valence-corrected chi connectivity index (χ2v) is 8.61. The van der Waals surface area contributed by atoms with Crippen LogP contribution in [-0.4, -0.2) is 58.7 Å². The van der Waals surface area contributed by atoms with E-state index in [0.29, 0.717) is 11.5 Å². The van der Waals surface area contributed by atoms with Gasteiger partial charge in [-0.3, -0.25) is 4.79 Å². The summed E-state index contributed by atoms with van der Waals surface area (Å²) in [6.45, 7) is 2.03. The maximum Gasteiger partial charge on any atom is 0.251 e. The van der Waals surface area contributed by atoms with Crippen LogP contribution in [-0.2, 0) is 0 Å². The van der Waals surface area contributed by atoms with E-state index in [-0.39, 0.29) is 11.9 Å². The molecule has 8 heteroatoms. The summed E-state index contributed by atoms with van der Waals surface area (Å²) in [4.78, 5) is 19.6. The van der Waals surface area contributed by atoms with Gasteiger partial charge in [-0.25, -0.2) is 4.52 Å². The molecule has 5 rings (SSSR count). The second-order valence-electron chi connectivity index (χ2n) is 8.61. The van der Waals surface area contributed by atoms with Crippen molar-refractivity contribution in [2.75, 3.05) is 32.6 Å². The van der Waals surface area contributed by atoms with Crippen molar-refractivity contribution < 1.29 is 9.53 Å². The highest BCUT2D eigenvalue weighted by molar-refractivity contribution is 5.94. The fourth-order valence-electron chi connectivity index (χ4n) is 4.21. The smallest absolute Gasteiger partial charge is 0.251 e. The molecule has 1 amide bonds. The Balaban J connectivity index is 1.29. The van der Waals surface area contributed by atoms with Gasteiger partial charge in [-0.2, -0.15) is 4.98 Å². The molecule has 2 aromatic heterocycles. The number of likely N-dealkylation sites (tertiary alicyclic amines) is 1. The highest BCUT2D eigenvalue weighted by Gasteiger charge is 2.19. The van der Waals surface area contributed by atoms with Crippen LogP contribution in [0.5, 0.6) is 5.75 Å². The Morgan fingerprint density at radius 1 is 1.03 bits per heavy atom. The normalized spacial score (nSPS) is 14.8. The lowest BCUT2D eigenvalue weighted by molar-refractivity contribution is 0.0917. The van der Waals surface area contributed by atoms with E-state index in [9.17, 15) is 4.79 Å². The molecule has 0 saturated carbocycles. The first-order chi connectivity index (χ1) is 16.6. The van der Waals surface area contributed by atoms with Crippen LogP contribution in [0.15, 0.2) is 66.9 Å². The fraction of sp³-hybridized carbons (Fsp3) is 0.269. The Kier molecular flexibility index (Phi) is 6.14. The Hall–Kier alpha value is -3.91. The van der Waals surface area contributed by atoms with Crippen molar-refractivity contribution in [2.24, 2.45) is 0 Å². The number of methoxy groups -OCH3 is 1. The highest BCUT2D eigenvalue weighted by Crippen LogP contribution is 2.26. The predicted molar refractivity (Wildman–Crippen MR) is 133 cm³/mol. The number of hydrogen-bond donors (Lipinski definition) is 2. The average Bonchev–Trinajstić information content (AvgIpc) is 3.28. The first-order valence-electron chi connectivity index (χ1n) is 11.5. The van der Waals surface area contributed by atoms with E-state index in [2.05, 4.69) is 27.7 Å². The van der Waals surface area contributed by atoms with Gasteiger partial charge in [-0.15, -0.1) is 5.10 Å². The van der Waals surface area contributed by atoms with Crippen LogP contribution in [0.2, 0.25) is 0 Å². The highest BCUT2D eigenvalue weighted by atomic mass is 16.5. The first kappa shape index (κ1) is 21.9. The predicted octanol–water partition coefficient (Wildman–Crippen LogP) is 3.97. The van der Waals surface area contributed by atoms with E-state index in [1.807, 2.05) is 66.9 Å². The summed E-state index contributed by atoms with van der Waals surface area (Å²) in [6.07, 6.45) is 3.84. The lowest BCUT2D eigenvalue weighted by Crippen LogP contribution is -2.43. The summed E-state index contributed by atoms with van der Waals surface area (Å²) >= 11 is 0. The number of pyridine rings is 1. The minimum atomic E-state index is -0.0314. The molecular weight excluding hydrogens is 428 g/mol. The average molecular weight is 457 g/mol. The molecule has 2 N–H and O–H groups in total. The Labute approximate surface area is 198 Å². The Bertz CT molecular complexity index is 1280. The lowest BCUT2D eigenvalue weighted by atomic mass is 10.0. The van der Waals surface area contributed by atoms with Crippen molar-refractivity contribution in [1.82, 2.24) is 24.8 Å². The number of benzene rings is 2. The zero-order valence-corrected chi connectivity index (χ0v) is 19.4. The largest absolute Gasteiger partial charge is 0.497 e. The Morgan fingerprint density at radius 3 is 2.47 bits per heavy atom. The van der Waals surface area contributed by atoms with Gasteiger partial charge in [-0.05, 0) is 87.1 Å². The number of rotatable bonds is 6. The number of piperidine rings is 1. The zero-order valence-electron chi connectivity index (χ0n) is 19.4. The molecule has 1 aliphatic rings. The van der Waals surface area contributed by atoms with Gasteiger partial charge in [0, 0.05) is 29.1 Å². The minimum absolute atomic E-state index is 0.0314. The molecule has 0 atom stereocenters. The molecule has 0 unspecified atom stereocenters. The van der Waals surface area contributed by atoms with Crippen LogP contribution in [0.4, 0.5) is 11.6 Å². The van der Waals surface area contributed by atoms with E-state index in [1.54, 1.807) is 11.6 Å². The third-order valence-corrected chi connectivity index (χ3v) is 6.22. The van der Waals surface area contributed by atoms with Crippen LogP contribution in [0.25, 0.3) is 16.8 Å². The van der Waals surface area contributed by atoms with Crippen LogP contribution < -0.4 is 15.4 Å². The first-order valence-corrected chi connectivity index (χ1v) is 11.5. The molecule has 0 radical (unpaired) electrons. The molecule has 34 heavy (non-hydrogen) atoms. The summed E-state index contributed by atoms with van der Waals surface area (Å²) in [5.41, 5.74) is 4.23. The summed E-state index contributed by atoms with van der Waals surface area (Å²) in [5, 5.41) is 10.9. The molecule has 1 saturated heterocycles. The van der Waals surface area contributed by atoms with Crippen LogP contribution in [0, 0.1) is 0 Å². The van der Waals surface area contributed by atoms with Gasteiger partial charge >= 0.3 is 0 Å². The van der Waals surface area contributed by atoms with Crippen LogP contribution in [0.3, 0.4) is 0 Å². The molecule has 4 aromatic rings. The maximum absolute atomic E-state index is 12.6. The van der Waals surface area contributed by atoms with E-state index >= 15 is 0 Å². The van der Waals surface area contributed by atoms with Gasteiger partial charge in [0.25, 0.3) is 5.91 Å². The van der Waals surface area contributed by atoms with E-state index in [1.165, 1.54) is 0 Å². The van der Waals surface area contributed by atoms with Gasteiger partial charge in [0.2, 0.25) is 5.95 Å². The summed E-state index contributed by atoms with van der Waals surface area (Å²) in [5.74, 6) is 1.27. The van der Waals surface area contributed by atoms with Crippen LogP contribution >= 0.6 is 0 Å². The summed E-state index contributed by atoms with van der Waals surface area (Å²) in [7, 11) is 3.77. The topological polar surface area (TPSA) is 83.8 Å².